The summed E-state index contributed by atoms with van der Waals surface area (Å²) >= 11 is 0. The van der Waals surface area contributed by atoms with E-state index in [0.29, 0.717) is 0 Å². The fraction of sp³-hybridized carbons (Fsp3) is 0.417. The first-order valence-corrected chi connectivity index (χ1v) is 6.23. The number of quaternary nitrogens is 1. The maximum absolute atomic E-state index is 10.9. The predicted molar refractivity (Wildman–Crippen MR) is 67.2 cm³/mol. The normalized spacial score (nSPS) is 33.2. The maximum atomic E-state index is 10.9. The lowest BCUT2D eigenvalue weighted by Crippen LogP contribution is -2.99. The van der Waals surface area contributed by atoms with Gasteiger partial charge in [0.15, 0.2) is 11.8 Å². The minimum absolute atomic E-state index is 0.0105. The molecule has 0 bridgehead atoms. The summed E-state index contributed by atoms with van der Waals surface area (Å²) in [6, 6.07) is 5.05. The third-order valence-electron chi connectivity index (χ3n) is 3.17. The Kier molecular flexibility index (Phi) is 4.93. The van der Waals surface area contributed by atoms with Gasteiger partial charge in [-0.1, -0.05) is 0 Å². The fourth-order valence-corrected chi connectivity index (χ4v) is 1.96. The molecular formula is C12H15NO9. The van der Waals surface area contributed by atoms with Gasteiger partial charge >= 0.3 is 5.97 Å². The van der Waals surface area contributed by atoms with Gasteiger partial charge in [-0.25, -0.2) is 10.0 Å². The van der Waals surface area contributed by atoms with E-state index in [1.54, 1.807) is 0 Å². The van der Waals surface area contributed by atoms with E-state index in [1.165, 1.54) is 24.3 Å². The van der Waals surface area contributed by atoms with Crippen molar-refractivity contribution in [3.63, 3.8) is 0 Å². The topological polar surface area (TPSA) is 164 Å². The highest BCUT2D eigenvalue weighted by molar-refractivity contribution is 5.73. The third kappa shape index (κ3) is 3.34. The zero-order valence-corrected chi connectivity index (χ0v) is 11.1. The second-order valence-corrected chi connectivity index (χ2v) is 4.68. The lowest BCUT2D eigenvalue weighted by Gasteiger charge is -2.38. The van der Waals surface area contributed by atoms with E-state index in [4.69, 9.17) is 19.8 Å². The monoisotopic (exact) mass is 317 g/mol. The summed E-state index contributed by atoms with van der Waals surface area (Å²) in [5.74, 6) is -1.42. The molecular weight excluding hydrogens is 302 g/mol. The van der Waals surface area contributed by atoms with Crippen LogP contribution in [0.15, 0.2) is 24.3 Å². The first-order chi connectivity index (χ1) is 10.3. The van der Waals surface area contributed by atoms with Crippen LogP contribution in [0.2, 0.25) is 0 Å². The molecule has 122 valence electrons. The molecule has 1 fully saturated rings. The average molecular weight is 317 g/mol. The molecule has 6 N–H and O–H groups in total. The van der Waals surface area contributed by atoms with Crippen LogP contribution >= 0.6 is 0 Å². The lowest BCUT2D eigenvalue weighted by atomic mass is 9.99. The Morgan fingerprint density at radius 2 is 1.73 bits per heavy atom. The number of ether oxygens (including phenoxy) is 2. The van der Waals surface area contributed by atoms with Crippen molar-refractivity contribution in [1.29, 1.82) is 0 Å². The van der Waals surface area contributed by atoms with Gasteiger partial charge in [-0.3, -0.25) is 0 Å². The summed E-state index contributed by atoms with van der Waals surface area (Å²) in [7, 11) is 0. The molecule has 6 atom stereocenters. The number of carbonyl (C=O) groups is 1. The Hall–Kier alpha value is -1.79. The number of hydrogen-bond donors (Lipinski definition) is 6. The van der Waals surface area contributed by atoms with Gasteiger partial charge in [0.1, 0.15) is 24.1 Å². The van der Waals surface area contributed by atoms with Crippen LogP contribution in [0.25, 0.3) is 0 Å². The summed E-state index contributed by atoms with van der Waals surface area (Å²) in [5, 5.41) is 56.2. The molecule has 1 aromatic carbocycles. The number of aliphatic carboxylic acids is 1. The van der Waals surface area contributed by atoms with Crippen LogP contribution < -0.4 is 9.96 Å². The van der Waals surface area contributed by atoms with Gasteiger partial charge in [0.2, 0.25) is 6.29 Å². The SMILES string of the molecule is O=C(O)C1OC(Oc2ccc([NH+]([O-])O)cc2)C(O)C(O)C1O. The highest BCUT2D eigenvalue weighted by atomic mass is 16.8. The minimum Gasteiger partial charge on any atom is -0.595 e. The lowest BCUT2D eigenvalue weighted by molar-refractivity contribution is -0.991. The summed E-state index contributed by atoms with van der Waals surface area (Å²) in [6.07, 6.45) is -8.54. The molecule has 1 heterocycles. The predicted octanol–water partition coefficient (Wildman–Crippen LogP) is -2.64. The molecule has 0 aliphatic carbocycles. The first kappa shape index (κ1) is 16.6. The van der Waals surface area contributed by atoms with E-state index >= 15 is 0 Å². The van der Waals surface area contributed by atoms with E-state index in [9.17, 15) is 25.3 Å². The molecule has 22 heavy (non-hydrogen) atoms. The van der Waals surface area contributed by atoms with Gasteiger partial charge < -0.3 is 35.1 Å². The van der Waals surface area contributed by atoms with Crippen molar-refractivity contribution >= 4 is 11.7 Å². The molecule has 10 nitrogen and oxygen atoms in total. The Morgan fingerprint density at radius 3 is 2.23 bits per heavy atom. The number of aliphatic hydroxyl groups excluding tert-OH is 3. The number of hydrogen-bond acceptors (Lipinski definition) is 8. The molecule has 0 aromatic heterocycles. The molecule has 2 rings (SSSR count). The Labute approximate surface area is 123 Å². The Morgan fingerprint density at radius 1 is 1.14 bits per heavy atom. The smallest absolute Gasteiger partial charge is 0.335 e. The standard InChI is InChI=1S/C12H15NO9/c14-7-8(15)10(11(17)18)22-12(9(7)16)21-6-3-1-5(2-4-6)13(19)20/h1-4,7-10,12-16,19H,(H,17,18). The molecule has 6 unspecified atom stereocenters. The minimum atomic E-state index is -1.80. The second-order valence-electron chi connectivity index (χ2n) is 4.68. The fourth-order valence-electron chi connectivity index (χ4n) is 1.96. The van der Waals surface area contributed by atoms with Crippen LogP contribution in [-0.4, -0.2) is 62.3 Å². The Balaban J connectivity index is 2.11. The van der Waals surface area contributed by atoms with Crippen LogP contribution in [0, 0.1) is 5.21 Å². The highest BCUT2D eigenvalue weighted by Gasteiger charge is 2.48. The zero-order valence-electron chi connectivity index (χ0n) is 11.1. The number of aliphatic hydroxyl groups is 3. The van der Waals surface area contributed by atoms with Crippen molar-refractivity contribution < 1.29 is 45.1 Å². The molecule has 0 amide bonds. The summed E-state index contributed by atoms with van der Waals surface area (Å²) in [4.78, 5) is 10.9. The van der Waals surface area contributed by atoms with Crippen LogP contribution in [-0.2, 0) is 9.53 Å². The van der Waals surface area contributed by atoms with E-state index in [2.05, 4.69) is 0 Å². The molecule has 10 heteroatoms. The highest BCUT2D eigenvalue weighted by Crippen LogP contribution is 2.24. The van der Waals surface area contributed by atoms with Crippen molar-refractivity contribution in [2.24, 2.45) is 0 Å². The van der Waals surface area contributed by atoms with Crippen LogP contribution in [0.4, 0.5) is 5.69 Å². The van der Waals surface area contributed by atoms with Crippen LogP contribution in [0.5, 0.6) is 5.75 Å². The number of nitrogens with one attached hydrogen (secondary N) is 1. The van der Waals surface area contributed by atoms with Gasteiger partial charge in [-0.15, -0.1) is 0 Å². The van der Waals surface area contributed by atoms with Crippen LogP contribution in [0.1, 0.15) is 0 Å². The quantitative estimate of drug-likeness (QED) is 0.326. The summed E-state index contributed by atoms with van der Waals surface area (Å²) in [6.45, 7) is 0. The molecule has 1 aliphatic rings. The van der Waals surface area contributed by atoms with Crippen molar-refractivity contribution in [2.75, 3.05) is 0 Å². The first-order valence-electron chi connectivity index (χ1n) is 6.23. The van der Waals surface area contributed by atoms with Gasteiger partial charge in [-0.05, 0) is 12.1 Å². The van der Waals surface area contributed by atoms with E-state index in [1.807, 2.05) is 0 Å². The van der Waals surface area contributed by atoms with Crippen molar-refractivity contribution in [3.8, 4) is 5.75 Å². The van der Waals surface area contributed by atoms with E-state index < -0.39 is 41.9 Å². The summed E-state index contributed by atoms with van der Waals surface area (Å²) in [5.41, 5.74) is 0.0105. The van der Waals surface area contributed by atoms with Gasteiger partial charge in [0, 0.05) is 12.1 Å². The van der Waals surface area contributed by atoms with E-state index in [0.717, 1.165) is 0 Å². The number of benzene rings is 1. The Bertz CT molecular complexity index is 520. The molecule has 0 saturated carbocycles. The van der Waals surface area contributed by atoms with Gasteiger partial charge in [0.05, 0.1) is 0 Å². The number of carboxylic acid groups (broad SMARTS) is 1. The molecule has 0 spiro atoms. The van der Waals surface area contributed by atoms with Gasteiger partial charge in [-0.2, -0.15) is 5.23 Å². The molecule has 0 radical (unpaired) electrons. The van der Waals surface area contributed by atoms with Gasteiger partial charge in [0.25, 0.3) is 0 Å². The molecule has 1 aromatic rings. The zero-order chi connectivity index (χ0) is 16.4. The molecule has 1 aliphatic heterocycles. The van der Waals surface area contributed by atoms with Crippen molar-refractivity contribution in [3.05, 3.63) is 29.5 Å². The number of rotatable bonds is 4. The van der Waals surface area contributed by atoms with E-state index in [-0.39, 0.29) is 11.4 Å². The third-order valence-corrected chi connectivity index (χ3v) is 3.17. The van der Waals surface area contributed by atoms with Crippen molar-refractivity contribution in [2.45, 2.75) is 30.7 Å². The number of carboxylic acids is 1. The van der Waals surface area contributed by atoms with Crippen LogP contribution in [0.3, 0.4) is 0 Å². The molecule has 1 saturated heterocycles. The average Bonchev–Trinajstić information content (AvgIpc) is 2.48. The van der Waals surface area contributed by atoms with Crippen molar-refractivity contribution in [1.82, 2.24) is 0 Å². The maximum Gasteiger partial charge on any atom is 0.335 e. The largest absolute Gasteiger partial charge is 0.595 e. The summed E-state index contributed by atoms with van der Waals surface area (Å²) < 4.78 is 10.1. The second kappa shape index (κ2) is 6.54.